The summed E-state index contributed by atoms with van der Waals surface area (Å²) in [7, 11) is 6.05. The molecule has 0 amide bonds. The second kappa shape index (κ2) is 4.59. The summed E-state index contributed by atoms with van der Waals surface area (Å²) in [6.45, 7) is 0.513. The third-order valence-corrected chi connectivity index (χ3v) is 2.94. The first-order valence-corrected chi connectivity index (χ1v) is 5.62. The standard InChI is InChI=1S/C13H18N4/c1-16(2)11-6-4-10(5-7-11)13-15-9-12(8-14)17(13)3/h4-7,9H,8,14H2,1-3H3. The second-order valence-electron chi connectivity index (χ2n) is 4.28. The SMILES string of the molecule is CN(C)c1ccc(-c2ncc(CN)n2C)cc1. The van der Waals surface area contributed by atoms with E-state index in [-0.39, 0.29) is 0 Å². The lowest BCUT2D eigenvalue weighted by molar-refractivity contribution is 0.828. The highest BCUT2D eigenvalue weighted by Gasteiger charge is 2.07. The van der Waals surface area contributed by atoms with Gasteiger partial charge in [0.05, 0.1) is 11.9 Å². The summed E-state index contributed by atoms with van der Waals surface area (Å²) in [6.07, 6.45) is 1.83. The summed E-state index contributed by atoms with van der Waals surface area (Å²) in [4.78, 5) is 6.48. The minimum atomic E-state index is 0.513. The van der Waals surface area contributed by atoms with Crippen molar-refractivity contribution in [1.82, 2.24) is 9.55 Å². The lowest BCUT2D eigenvalue weighted by Crippen LogP contribution is -2.08. The molecule has 0 unspecified atom stereocenters. The highest BCUT2D eigenvalue weighted by atomic mass is 15.1. The number of nitrogens with two attached hydrogens (primary N) is 1. The van der Waals surface area contributed by atoms with Crippen LogP contribution in [-0.4, -0.2) is 23.6 Å². The lowest BCUT2D eigenvalue weighted by Gasteiger charge is -2.12. The summed E-state index contributed by atoms with van der Waals surface area (Å²) in [5, 5.41) is 0. The Kier molecular flexibility index (Phi) is 3.15. The largest absolute Gasteiger partial charge is 0.378 e. The lowest BCUT2D eigenvalue weighted by atomic mass is 10.2. The molecular weight excluding hydrogens is 212 g/mol. The Hall–Kier alpha value is -1.81. The van der Waals surface area contributed by atoms with E-state index in [1.807, 2.05) is 31.9 Å². The number of hydrogen-bond donors (Lipinski definition) is 1. The van der Waals surface area contributed by atoms with Gasteiger partial charge in [0.25, 0.3) is 0 Å². The number of rotatable bonds is 3. The molecule has 1 aromatic carbocycles. The Balaban J connectivity index is 2.36. The third kappa shape index (κ3) is 2.17. The maximum absolute atomic E-state index is 5.64. The van der Waals surface area contributed by atoms with Gasteiger partial charge in [-0.05, 0) is 24.3 Å². The molecule has 0 aliphatic heterocycles. The van der Waals surface area contributed by atoms with Gasteiger partial charge in [0.1, 0.15) is 5.82 Å². The Morgan fingerprint density at radius 1 is 1.24 bits per heavy atom. The van der Waals surface area contributed by atoms with Crippen LogP contribution in [0.25, 0.3) is 11.4 Å². The van der Waals surface area contributed by atoms with Gasteiger partial charge in [-0.15, -0.1) is 0 Å². The molecule has 0 saturated heterocycles. The van der Waals surface area contributed by atoms with E-state index in [9.17, 15) is 0 Å². The van der Waals surface area contributed by atoms with Crippen LogP contribution in [0.2, 0.25) is 0 Å². The number of imidazole rings is 1. The maximum atomic E-state index is 5.64. The van der Waals surface area contributed by atoms with Crippen LogP contribution in [0.1, 0.15) is 5.69 Å². The zero-order chi connectivity index (χ0) is 12.4. The summed E-state index contributed by atoms with van der Waals surface area (Å²) in [6, 6.07) is 8.34. The number of hydrogen-bond acceptors (Lipinski definition) is 3. The normalized spacial score (nSPS) is 10.6. The van der Waals surface area contributed by atoms with Crippen molar-refractivity contribution in [2.24, 2.45) is 12.8 Å². The Morgan fingerprint density at radius 3 is 2.35 bits per heavy atom. The van der Waals surface area contributed by atoms with Gasteiger partial charge in [-0.2, -0.15) is 0 Å². The van der Waals surface area contributed by atoms with Gasteiger partial charge in [-0.3, -0.25) is 0 Å². The third-order valence-electron chi connectivity index (χ3n) is 2.94. The van der Waals surface area contributed by atoms with E-state index in [1.54, 1.807) is 0 Å². The molecule has 0 aliphatic rings. The zero-order valence-electron chi connectivity index (χ0n) is 10.5. The van der Waals surface area contributed by atoms with Gasteiger partial charge in [0, 0.05) is 38.9 Å². The fourth-order valence-electron chi connectivity index (χ4n) is 1.81. The topological polar surface area (TPSA) is 47.1 Å². The minimum Gasteiger partial charge on any atom is -0.378 e. The molecule has 90 valence electrons. The second-order valence-corrected chi connectivity index (χ2v) is 4.28. The van der Waals surface area contributed by atoms with Crippen LogP contribution in [0.15, 0.2) is 30.5 Å². The summed E-state index contributed by atoms with van der Waals surface area (Å²) in [5.41, 5.74) is 8.97. The molecule has 0 fully saturated rings. The Bertz CT molecular complexity index is 497. The van der Waals surface area contributed by atoms with E-state index in [4.69, 9.17) is 5.73 Å². The van der Waals surface area contributed by atoms with E-state index in [0.717, 1.165) is 17.1 Å². The van der Waals surface area contributed by atoms with Gasteiger partial charge in [0.15, 0.2) is 0 Å². The van der Waals surface area contributed by atoms with E-state index in [0.29, 0.717) is 6.54 Å². The first-order valence-electron chi connectivity index (χ1n) is 5.62. The van der Waals surface area contributed by atoms with Crippen molar-refractivity contribution in [2.45, 2.75) is 6.54 Å². The summed E-state index contributed by atoms with van der Waals surface area (Å²) < 4.78 is 2.03. The summed E-state index contributed by atoms with van der Waals surface area (Å²) >= 11 is 0. The molecule has 0 aliphatic carbocycles. The van der Waals surface area contributed by atoms with Crippen LogP contribution >= 0.6 is 0 Å². The molecule has 4 nitrogen and oxygen atoms in total. The summed E-state index contributed by atoms with van der Waals surface area (Å²) in [5.74, 6) is 0.954. The van der Waals surface area contributed by atoms with Crippen LogP contribution in [0.3, 0.4) is 0 Å². The van der Waals surface area contributed by atoms with Crippen molar-refractivity contribution in [2.75, 3.05) is 19.0 Å². The average molecular weight is 230 g/mol. The molecule has 0 saturated carbocycles. The number of anilines is 1. The predicted octanol–water partition coefficient (Wildman–Crippen LogP) is 1.61. The molecule has 1 aromatic heterocycles. The van der Waals surface area contributed by atoms with Crippen molar-refractivity contribution in [1.29, 1.82) is 0 Å². The molecule has 2 rings (SSSR count). The van der Waals surface area contributed by atoms with E-state index < -0.39 is 0 Å². The molecule has 17 heavy (non-hydrogen) atoms. The quantitative estimate of drug-likeness (QED) is 0.871. The monoisotopic (exact) mass is 230 g/mol. The van der Waals surface area contributed by atoms with Gasteiger partial charge in [-0.1, -0.05) is 0 Å². The van der Waals surface area contributed by atoms with Crippen LogP contribution in [-0.2, 0) is 13.6 Å². The molecule has 0 atom stereocenters. The van der Waals surface area contributed by atoms with E-state index in [1.165, 1.54) is 5.69 Å². The molecule has 4 heteroatoms. The number of benzene rings is 1. The van der Waals surface area contributed by atoms with Crippen molar-refractivity contribution in [3.63, 3.8) is 0 Å². The van der Waals surface area contributed by atoms with E-state index in [2.05, 4.69) is 34.1 Å². The maximum Gasteiger partial charge on any atom is 0.139 e. The van der Waals surface area contributed by atoms with Crippen molar-refractivity contribution in [3.05, 3.63) is 36.2 Å². The van der Waals surface area contributed by atoms with Crippen LogP contribution < -0.4 is 10.6 Å². The van der Waals surface area contributed by atoms with Crippen LogP contribution in [0.4, 0.5) is 5.69 Å². The first kappa shape index (κ1) is 11.7. The Morgan fingerprint density at radius 2 is 1.88 bits per heavy atom. The molecule has 0 bridgehead atoms. The number of nitrogens with zero attached hydrogens (tertiary/aromatic N) is 3. The van der Waals surface area contributed by atoms with Crippen molar-refractivity contribution < 1.29 is 0 Å². The molecule has 2 aromatic rings. The van der Waals surface area contributed by atoms with E-state index >= 15 is 0 Å². The highest BCUT2D eigenvalue weighted by Crippen LogP contribution is 2.21. The fourth-order valence-corrected chi connectivity index (χ4v) is 1.81. The molecule has 2 N–H and O–H groups in total. The van der Waals surface area contributed by atoms with Gasteiger partial charge < -0.3 is 15.2 Å². The minimum absolute atomic E-state index is 0.513. The van der Waals surface area contributed by atoms with Crippen molar-refractivity contribution in [3.8, 4) is 11.4 Å². The van der Waals surface area contributed by atoms with Crippen LogP contribution in [0.5, 0.6) is 0 Å². The van der Waals surface area contributed by atoms with Crippen LogP contribution in [0, 0.1) is 0 Å². The zero-order valence-corrected chi connectivity index (χ0v) is 10.5. The van der Waals surface area contributed by atoms with Gasteiger partial charge in [0.2, 0.25) is 0 Å². The fraction of sp³-hybridized carbons (Fsp3) is 0.308. The first-order chi connectivity index (χ1) is 8.13. The Labute approximate surface area is 102 Å². The average Bonchev–Trinajstić information content (AvgIpc) is 2.70. The predicted molar refractivity (Wildman–Crippen MR) is 70.9 cm³/mol. The van der Waals surface area contributed by atoms with Gasteiger partial charge >= 0.3 is 0 Å². The smallest absolute Gasteiger partial charge is 0.139 e. The molecule has 0 radical (unpaired) electrons. The van der Waals surface area contributed by atoms with Crippen molar-refractivity contribution >= 4 is 5.69 Å². The number of aromatic nitrogens is 2. The molecular formula is C13H18N4. The highest BCUT2D eigenvalue weighted by molar-refractivity contribution is 5.60. The molecule has 0 spiro atoms. The molecule has 1 heterocycles. The van der Waals surface area contributed by atoms with Gasteiger partial charge in [-0.25, -0.2) is 4.98 Å².